The van der Waals surface area contributed by atoms with Crippen LogP contribution in [0, 0.1) is 6.92 Å². The van der Waals surface area contributed by atoms with Crippen molar-refractivity contribution >= 4 is 5.97 Å². The van der Waals surface area contributed by atoms with Gasteiger partial charge in [0.1, 0.15) is 5.75 Å². The molecule has 2 N–H and O–H groups in total. The fourth-order valence-electron chi connectivity index (χ4n) is 4.78. The Hall–Kier alpha value is -3.46. The Morgan fingerprint density at radius 2 is 1.95 bits per heavy atom. The zero-order valence-corrected chi connectivity index (χ0v) is 21.9. The number of rotatable bonds is 13. The molecule has 0 radical (unpaired) electrons. The van der Waals surface area contributed by atoms with E-state index in [0.717, 1.165) is 59.4 Å². The summed E-state index contributed by atoms with van der Waals surface area (Å²) in [6.07, 6.45) is 6.45. The highest BCUT2D eigenvalue weighted by Gasteiger charge is 2.22. The van der Waals surface area contributed by atoms with Crippen LogP contribution in [-0.2, 0) is 11.2 Å². The Kier molecular flexibility index (Phi) is 9.11. The van der Waals surface area contributed by atoms with Crippen LogP contribution >= 0.6 is 0 Å². The summed E-state index contributed by atoms with van der Waals surface area (Å²) in [5.74, 6) is 2.05. The maximum absolute atomic E-state index is 10.6. The third kappa shape index (κ3) is 6.85. The molecular formula is C28H36N4O5. The number of benzene rings is 1. The van der Waals surface area contributed by atoms with Crippen molar-refractivity contribution in [2.45, 2.75) is 64.7 Å². The molecule has 3 aromatic rings. The fourth-order valence-corrected chi connectivity index (χ4v) is 4.78. The second kappa shape index (κ2) is 12.7. The van der Waals surface area contributed by atoms with E-state index in [-0.39, 0.29) is 6.42 Å². The minimum atomic E-state index is -0.796. The number of aliphatic carboxylic acids is 1. The monoisotopic (exact) mass is 508 g/mol. The molecule has 0 amide bonds. The van der Waals surface area contributed by atoms with Crippen molar-refractivity contribution in [3.05, 3.63) is 41.1 Å². The summed E-state index contributed by atoms with van der Waals surface area (Å²) in [6, 6.07) is 7.96. The zero-order valence-electron chi connectivity index (χ0n) is 21.9. The summed E-state index contributed by atoms with van der Waals surface area (Å²) in [4.78, 5) is 20.0. The van der Waals surface area contributed by atoms with Crippen molar-refractivity contribution in [1.29, 1.82) is 0 Å². The highest BCUT2D eigenvalue weighted by molar-refractivity contribution is 5.67. The van der Waals surface area contributed by atoms with Gasteiger partial charge in [-0.1, -0.05) is 24.9 Å². The SMILES string of the molecule is CCc1cc(-c2noc(-c3cc(OC)nc(C4CCCC4)c3)n2)cc(C)c1OCCCNCCC(=O)O. The molecule has 4 rings (SSSR count). The van der Waals surface area contributed by atoms with Crippen LogP contribution in [0.25, 0.3) is 22.8 Å². The Morgan fingerprint density at radius 3 is 2.68 bits per heavy atom. The number of ether oxygens (including phenoxy) is 2. The summed E-state index contributed by atoms with van der Waals surface area (Å²) < 4.78 is 17.2. The Balaban J connectivity index is 1.47. The average Bonchev–Trinajstić information content (AvgIpc) is 3.61. The smallest absolute Gasteiger partial charge is 0.304 e. The molecule has 0 spiro atoms. The second-order valence-corrected chi connectivity index (χ2v) is 9.46. The molecule has 0 atom stereocenters. The van der Waals surface area contributed by atoms with E-state index in [2.05, 4.69) is 28.4 Å². The molecular weight excluding hydrogens is 472 g/mol. The number of pyridine rings is 1. The van der Waals surface area contributed by atoms with E-state index in [4.69, 9.17) is 24.1 Å². The highest BCUT2D eigenvalue weighted by Crippen LogP contribution is 2.36. The quantitative estimate of drug-likeness (QED) is 0.301. The molecule has 1 fully saturated rings. The van der Waals surface area contributed by atoms with Gasteiger partial charge in [-0.15, -0.1) is 0 Å². The number of nitrogens with one attached hydrogen (secondary N) is 1. The summed E-state index contributed by atoms with van der Waals surface area (Å²) in [5, 5.41) is 16.1. The van der Waals surface area contributed by atoms with E-state index in [1.165, 1.54) is 12.8 Å². The standard InChI is InChI=1S/C28H36N4O5/c1-4-19-15-21(14-18(2)26(19)36-13-7-11-29-12-10-25(33)34)27-31-28(37-32-27)22-16-23(20-8-5-6-9-20)30-24(17-22)35-3/h14-17,20,29H,4-13H2,1-3H3,(H,33,34). The van der Waals surface area contributed by atoms with Crippen LogP contribution < -0.4 is 14.8 Å². The minimum Gasteiger partial charge on any atom is -0.493 e. The summed E-state index contributed by atoms with van der Waals surface area (Å²) in [7, 11) is 1.62. The maximum Gasteiger partial charge on any atom is 0.304 e. The number of carboxylic acid groups (broad SMARTS) is 1. The fraction of sp³-hybridized carbons (Fsp3) is 0.500. The first-order valence-corrected chi connectivity index (χ1v) is 13.1. The molecule has 1 aromatic carbocycles. The van der Waals surface area contributed by atoms with Gasteiger partial charge >= 0.3 is 5.97 Å². The molecule has 198 valence electrons. The van der Waals surface area contributed by atoms with Crippen molar-refractivity contribution in [2.75, 3.05) is 26.8 Å². The van der Waals surface area contributed by atoms with Crippen LogP contribution in [-0.4, -0.2) is 53.0 Å². The molecule has 9 heteroatoms. The number of aromatic nitrogens is 3. The van der Waals surface area contributed by atoms with Gasteiger partial charge in [-0.05, 0) is 68.5 Å². The second-order valence-electron chi connectivity index (χ2n) is 9.46. The predicted molar refractivity (Wildman–Crippen MR) is 140 cm³/mol. The first kappa shape index (κ1) is 26.6. The van der Waals surface area contributed by atoms with E-state index in [1.54, 1.807) is 7.11 Å². The van der Waals surface area contributed by atoms with Crippen LogP contribution in [0.15, 0.2) is 28.8 Å². The number of hydrogen-bond acceptors (Lipinski definition) is 8. The summed E-state index contributed by atoms with van der Waals surface area (Å²) in [5.41, 5.74) is 4.80. The van der Waals surface area contributed by atoms with Crippen molar-refractivity contribution in [3.63, 3.8) is 0 Å². The first-order valence-electron chi connectivity index (χ1n) is 13.1. The lowest BCUT2D eigenvalue weighted by Crippen LogP contribution is -2.21. The molecule has 0 saturated heterocycles. The topological polar surface area (TPSA) is 120 Å². The number of nitrogens with zero attached hydrogens (tertiary/aromatic N) is 3. The Bertz CT molecular complexity index is 1200. The van der Waals surface area contributed by atoms with Gasteiger partial charge in [0.25, 0.3) is 5.89 Å². The molecule has 1 aliphatic carbocycles. The van der Waals surface area contributed by atoms with E-state index < -0.39 is 5.97 Å². The summed E-state index contributed by atoms with van der Waals surface area (Å²) in [6.45, 7) is 5.83. The van der Waals surface area contributed by atoms with E-state index >= 15 is 0 Å². The average molecular weight is 509 g/mol. The number of aryl methyl sites for hydroxylation is 2. The lowest BCUT2D eigenvalue weighted by Gasteiger charge is -2.15. The molecule has 0 unspecified atom stereocenters. The van der Waals surface area contributed by atoms with E-state index in [0.29, 0.717) is 43.2 Å². The lowest BCUT2D eigenvalue weighted by molar-refractivity contribution is -0.136. The third-order valence-corrected chi connectivity index (χ3v) is 6.73. The number of methoxy groups -OCH3 is 1. The molecule has 2 heterocycles. The van der Waals surface area contributed by atoms with Crippen LogP contribution in [0.5, 0.6) is 11.6 Å². The molecule has 2 aromatic heterocycles. The van der Waals surface area contributed by atoms with E-state index in [1.807, 2.05) is 25.1 Å². The summed E-state index contributed by atoms with van der Waals surface area (Å²) >= 11 is 0. The van der Waals surface area contributed by atoms with Gasteiger partial charge in [0, 0.05) is 35.3 Å². The van der Waals surface area contributed by atoms with Gasteiger partial charge in [0.15, 0.2) is 0 Å². The van der Waals surface area contributed by atoms with Crippen LogP contribution in [0.2, 0.25) is 0 Å². The zero-order chi connectivity index (χ0) is 26.2. The van der Waals surface area contributed by atoms with Gasteiger partial charge in [0.05, 0.1) is 20.1 Å². The van der Waals surface area contributed by atoms with Crippen molar-refractivity contribution in [1.82, 2.24) is 20.4 Å². The molecule has 9 nitrogen and oxygen atoms in total. The molecule has 0 aliphatic heterocycles. The molecule has 0 bridgehead atoms. The Labute approximate surface area is 217 Å². The third-order valence-electron chi connectivity index (χ3n) is 6.73. The predicted octanol–water partition coefficient (Wildman–Crippen LogP) is 5.17. The highest BCUT2D eigenvalue weighted by atomic mass is 16.5. The largest absolute Gasteiger partial charge is 0.493 e. The molecule has 1 saturated carbocycles. The first-order chi connectivity index (χ1) is 18.0. The van der Waals surface area contributed by atoms with Crippen molar-refractivity contribution in [2.24, 2.45) is 0 Å². The number of carbonyl (C=O) groups is 1. The van der Waals surface area contributed by atoms with Crippen LogP contribution in [0.1, 0.15) is 68.2 Å². The van der Waals surface area contributed by atoms with E-state index in [9.17, 15) is 4.79 Å². The van der Waals surface area contributed by atoms with Gasteiger partial charge in [-0.2, -0.15) is 4.98 Å². The van der Waals surface area contributed by atoms with Gasteiger partial charge in [0.2, 0.25) is 11.7 Å². The maximum atomic E-state index is 10.6. The van der Waals surface area contributed by atoms with Gasteiger partial charge in [-0.25, -0.2) is 4.98 Å². The number of carboxylic acids is 1. The lowest BCUT2D eigenvalue weighted by atomic mass is 10.0. The Morgan fingerprint density at radius 1 is 1.14 bits per heavy atom. The van der Waals surface area contributed by atoms with Gasteiger partial charge < -0.3 is 24.4 Å². The normalized spacial score (nSPS) is 13.7. The van der Waals surface area contributed by atoms with Crippen molar-refractivity contribution in [3.8, 4) is 34.5 Å². The van der Waals surface area contributed by atoms with Crippen LogP contribution in [0.3, 0.4) is 0 Å². The van der Waals surface area contributed by atoms with Crippen molar-refractivity contribution < 1.29 is 23.9 Å². The molecule has 37 heavy (non-hydrogen) atoms. The number of hydrogen-bond donors (Lipinski definition) is 2. The minimum absolute atomic E-state index is 0.121. The van der Waals surface area contributed by atoms with Crippen LogP contribution in [0.4, 0.5) is 0 Å². The molecule has 1 aliphatic rings. The van der Waals surface area contributed by atoms with Gasteiger partial charge in [-0.3, -0.25) is 4.79 Å².